The molecule has 0 aromatic heterocycles. The van der Waals surface area contributed by atoms with E-state index < -0.39 is 10.0 Å². The Labute approximate surface area is 160 Å². The highest BCUT2D eigenvalue weighted by Gasteiger charge is 2.16. The fraction of sp³-hybridized carbons (Fsp3) is 0.316. The van der Waals surface area contributed by atoms with E-state index in [-0.39, 0.29) is 10.7 Å². The number of nitrogens with one attached hydrogen (secondary N) is 1. The van der Waals surface area contributed by atoms with E-state index in [0.717, 1.165) is 11.1 Å². The van der Waals surface area contributed by atoms with Crippen molar-refractivity contribution in [2.75, 3.05) is 28.2 Å². The number of halogens is 1. The Bertz CT molecular complexity index is 896. The Morgan fingerprint density at radius 3 is 2.30 bits per heavy atom. The first-order chi connectivity index (χ1) is 12.7. The molecule has 0 unspecified atom stereocenters. The summed E-state index contributed by atoms with van der Waals surface area (Å²) in [7, 11) is 3.12. The van der Waals surface area contributed by atoms with E-state index >= 15 is 0 Å². The smallest absolute Gasteiger partial charge is 0.242 e. The molecule has 0 saturated heterocycles. The van der Waals surface area contributed by atoms with Crippen LogP contribution in [0.25, 0.3) is 0 Å². The summed E-state index contributed by atoms with van der Waals surface area (Å²) in [4.78, 5) is 6.38. The van der Waals surface area contributed by atoms with Gasteiger partial charge in [-0.2, -0.15) is 0 Å². The van der Waals surface area contributed by atoms with Gasteiger partial charge in [0, 0.05) is 41.3 Å². The van der Waals surface area contributed by atoms with Crippen LogP contribution in [-0.4, -0.2) is 51.8 Å². The predicted molar refractivity (Wildman–Crippen MR) is 105 cm³/mol. The molecule has 0 fully saturated rings. The number of guanidine groups is 1. The van der Waals surface area contributed by atoms with E-state index in [1.807, 2.05) is 18.0 Å². The van der Waals surface area contributed by atoms with Crippen LogP contribution in [0.1, 0.15) is 11.1 Å². The van der Waals surface area contributed by atoms with Gasteiger partial charge in [0.05, 0.1) is 4.90 Å². The first-order valence-corrected chi connectivity index (χ1v) is 9.85. The summed E-state index contributed by atoms with van der Waals surface area (Å²) < 4.78 is 38.7. The molecule has 0 aliphatic rings. The number of hydrogen-bond donors (Lipinski definition) is 1. The van der Waals surface area contributed by atoms with Crippen molar-refractivity contribution in [1.82, 2.24) is 14.5 Å². The van der Waals surface area contributed by atoms with Crippen LogP contribution in [-0.2, 0) is 23.1 Å². The third kappa shape index (κ3) is 5.51. The molecule has 146 valence electrons. The summed E-state index contributed by atoms with van der Waals surface area (Å²) >= 11 is 0. The van der Waals surface area contributed by atoms with Gasteiger partial charge in [-0.3, -0.25) is 4.99 Å². The van der Waals surface area contributed by atoms with Gasteiger partial charge in [0.2, 0.25) is 10.0 Å². The van der Waals surface area contributed by atoms with E-state index in [0.29, 0.717) is 19.0 Å². The van der Waals surface area contributed by atoms with Gasteiger partial charge in [-0.1, -0.05) is 24.3 Å². The number of nitrogens with zero attached hydrogens (tertiary/aromatic N) is 3. The van der Waals surface area contributed by atoms with Crippen molar-refractivity contribution in [3.8, 4) is 0 Å². The molecule has 0 saturated carbocycles. The zero-order valence-corrected chi connectivity index (χ0v) is 16.8. The number of benzene rings is 2. The SMILES string of the molecule is CN=C(NCc1ccc(S(=O)(=O)N(C)C)cc1)N(C)Cc1cccc(F)c1. The van der Waals surface area contributed by atoms with Gasteiger partial charge in [0.25, 0.3) is 0 Å². The molecule has 0 bridgehead atoms. The van der Waals surface area contributed by atoms with Gasteiger partial charge in [0.15, 0.2) is 5.96 Å². The minimum absolute atomic E-state index is 0.254. The monoisotopic (exact) mass is 392 g/mol. The zero-order chi connectivity index (χ0) is 20.0. The third-order valence-corrected chi connectivity index (χ3v) is 5.86. The second kappa shape index (κ2) is 8.96. The van der Waals surface area contributed by atoms with Crippen molar-refractivity contribution in [1.29, 1.82) is 0 Å². The number of sulfonamides is 1. The average Bonchev–Trinajstić information content (AvgIpc) is 2.62. The minimum Gasteiger partial charge on any atom is -0.352 e. The molecule has 8 heteroatoms. The van der Waals surface area contributed by atoms with Crippen molar-refractivity contribution in [3.05, 3.63) is 65.5 Å². The van der Waals surface area contributed by atoms with Gasteiger partial charge < -0.3 is 10.2 Å². The molecule has 27 heavy (non-hydrogen) atoms. The summed E-state index contributed by atoms with van der Waals surface area (Å²) in [6.07, 6.45) is 0. The molecule has 1 N–H and O–H groups in total. The number of aliphatic imine (C=N–C) groups is 1. The molecule has 0 amide bonds. The Kier molecular flexibility index (Phi) is 6.92. The van der Waals surface area contributed by atoms with Gasteiger partial charge in [-0.15, -0.1) is 0 Å². The summed E-state index contributed by atoms with van der Waals surface area (Å²) in [5.74, 6) is 0.390. The Morgan fingerprint density at radius 1 is 1.07 bits per heavy atom. The van der Waals surface area contributed by atoms with E-state index in [9.17, 15) is 12.8 Å². The molecular weight excluding hydrogens is 367 g/mol. The number of hydrogen-bond acceptors (Lipinski definition) is 3. The molecular formula is C19H25FN4O2S. The van der Waals surface area contributed by atoms with Crippen LogP contribution < -0.4 is 5.32 Å². The Balaban J connectivity index is 1.99. The van der Waals surface area contributed by atoms with E-state index in [1.54, 1.807) is 37.4 Å². The maximum atomic E-state index is 13.3. The largest absolute Gasteiger partial charge is 0.352 e. The second-order valence-corrected chi connectivity index (χ2v) is 8.47. The normalized spacial score (nSPS) is 12.3. The predicted octanol–water partition coefficient (Wildman–Crippen LogP) is 2.28. The van der Waals surface area contributed by atoms with Gasteiger partial charge in [-0.25, -0.2) is 17.1 Å². The molecule has 2 rings (SSSR count). The standard InChI is InChI=1S/C19H25FN4O2S/c1-21-19(24(4)14-16-6-5-7-17(20)12-16)22-13-15-8-10-18(11-9-15)27(25,26)23(2)3/h5-12H,13-14H2,1-4H3,(H,21,22). The van der Waals surface area contributed by atoms with Crippen molar-refractivity contribution in [2.24, 2.45) is 4.99 Å². The molecule has 0 aliphatic carbocycles. The summed E-state index contributed by atoms with van der Waals surface area (Å²) in [5.41, 5.74) is 1.77. The van der Waals surface area contributed by atoms with E-state index in [4.69, 9.17) is 0 Å². The lowest BCUT2D eigenvalue weighted by Gasteiger charge is -2.22. The first-order valence-electron chi connectivity index (χ1n) is 8.41. The molecule has 0 atom stereocenters. The average molecular weight is 393 g/mol. The first kappa shape index (κ1) is 20.9. The van der Waals surface area contributed by atoms with E-state index in [1.165, 1.54) is 30.5 Å². The lowest BCUT2D eigenvalue weighted by atomic mass is 10.2. The van der Waals surface area contributed by atoms with Crippen molar-refractivity contribution in [2.45, 2.75) is 18.0 Å². The molecule has 0 aliphatic heterocycles. The Morgan fingerprint density at radius 2 is 1.74 bits per heavy atom. The fourth-order valence-corrected chi connectivity index (χ4v) is 3.44. The molecule has 0 heterocycles. The van der Waals surface area contributed by atoms with Crippen molar-refractivity contribution < 1.29 is 12.8 Å². The maximum Gasteiger partial charge on any atom is 0.242 e. The van der Waals surface area contributed by atoms with Crippen LogP contribution in [0.4, 0.5) is 4.39 Å². The van der Waals surface area contributed by atoms with Crippen molar-refractivity contribution >= 4 is 16.0 Å². The maximum absolute atomic E-state index is 13.3. The minimum atomic E-state index is -3.43. The molecule has 6 nitrogen and oxygen atoms in total. The van der Waals surface area contributed by atoms with Crippen LogP contribution in [0.15, 0.2) is 58.4 Å². The molecule has 0 spiro atoms. The van der Waals surface area contributed by atoms with Crippen molar-refractivity contribution in [3.63, 3.8) is 0 Å². The lowest BCUT2D eigenvalue weighted by molar-refractivity contribution is 0.474. The lowest BCUT2D eigenvalue weighted by Crippen LogP contribution is -2.38. The van der Waals surface area contributed by atoms with Gasteiger partial charge in [-0.05, 0) is 35.4 Å². The second-order valence-electron chi connectivity index (χ2n) is 6.32. The quantitative estimate of drug-likeness (QED) is 0.605. The summed E-state index contributed by atoms with van der Waals surface area (Å²) in [6.45, 7) is 1.000. The van der Waals surface area contributed by atoms with Crippen LogP contribution >= 0.6 is 0 Å². The molecule has 0 radical (unpaired) electrons. The van der Waals surface area contributed by atoms with Crippen LogP contribution in [0.3, 0.4) is 0 Å². The summed E-state index contributed by atoms with van der Waals surface area (Å²) in [5, 5.41) is 3.22. The Hall–Kier alpha value is -2.45. The number of rotatable bonds is 6. The highest BCUT2D eigenvalue weighted by molar-refractivity contribution is 7.89. The van der Waals surface area contributed by atoms with Gasteiger partial charge in [0.1, 0.15) is 5.82 Å². The summed E-state index contributed by atoms with van der Waals surface area (Å²) in [6, 6.07) is 13.2. The van der Waals surface area contributed by atoms with E-state index in [2.05, 4.69) is 10.3 Å². The third-order valence-electron chi connectivity index (χ3n) is 4.03. The van der Waals surface area contributed by atoms with Gasteiger partial charge >= 0.3 is 0 Å². The fourth-order valence-electron chi connectivity index (χ4n) is 2.54. The zero-order valence-electron chi connectivity index (χ0n) is 16.0. The highest BCUT2D eigenvalue weighted by Crippen LogP contribution is 2.14. The molecule has 2 aromatic carbocycles. The molecule has 2 aromatic rings. The van der Waals surface area contributed by atoms with Crippen LogP contribution in [0.5, 0.6) is 0 Å². The highest BCUT2D eigenvalue weighted by atomic mass is 32.2. The van der Waals surface area contributed by atoms with Crippen LogP contribution in [0.2, 0.25) is 0 Å². The topological polar surface area (TPSA) is 65.0 Å². The van der Waals surface area contributed by atoms with Crippen LogP contribution in [0, 0.1) is 5.82 Å².